The first-order chi connectivity index (χ1) is 10.4. The fourth-order valence-electron chi connectivity index (χ4n) is 2.17. The van der Waals surface area contributed by atoms with Gasteiger partial charge in [-0.05, 0) is 18.2 Å². The van der Waals surface area contributed by atoms with E-state index in [0.717, 1.165) is 6.92 Å². The van der Waals surface area contributed by atoms with Gasteiger partial charge in [-0.1, -0.05) is 0 Å². The number of fused-ring (bicyclic) bond motifs is 1. The summed E-state index contributed by atoms with van der Waals surface area (Å²) in [5, 5.41) is 15.1. The van der Waals surface area contributed by atoms with Crippen molar-refractivity contribution in [3.05, 3.63) is 29.5 Å². The van der Waals surface area contributed by atoms with Gasteiger partial charge in [0.1, 0.15) is 18.9 Å². The molecule has 0 saturated heterocycles. The van der Waals surface area contributed by atoms with Crippen LogP contribution >= 0.6 is 0 Å². The highest BCUT2D eigenvalue weighted by atomic mass is 19.3. The molecule has 0 atom stereocenters. The second kappa shape index (κ2) is 4.97. The number of hydrogen-bond donors (Lipinski definition) is 2. The summed E-state index contributed by atoms with van der Waals surface area (Å²) in [5.74, 6) is -3.79. The molecule has 1 aliphatic rings. The molecule has 0 aliphatic carbocycles. The van der Waals surface area contributed by atoms with Gasteiger partial charge in [-0.3, -0.25) is 5.10 Å². The SMILES string of the molecule is CC(F)(F)c1cc2c(c(-c3cc(C(=O)O)[nH]n3)c1)OCCO2. The van der Waals surface area contributed by atoms with Crippen LogP contribution in [0.15, 0.2) is 18.2 Å². The molecule has 0 spiro atoms. The maximum Gasteiger partial charge on any atom is 0.353 e. The van der Waals surface area contributed by atoms with Crippen LogP contribution in [0.3, 0.4) is 0 Å². The van der Waals surface area contributed by atoms with Crippen LogP contribution < -0.4 is 9.47 Å². The number of hydrogen-bond acceptors (Lipinski definition) is 4. The molecule has 1 aromatic heterocycles. The Labute approximate surface area is 123 Å². The number of carboxylic acids is 1. The van der Waals surface area contributed by atoms with Gasteiger partial charge in [0.25, 0.3) is 5.92 Å². The van der Waals surface area contributed by atoms with Gasteiger partial charge in [0.2, 0.25) is 0 Å². The zero-order chi connectivity index (χ0) is 15.9. The van der Waals surface area contributed by atoms with E-state index in [1.165, 1.54) is 18.2 Å². The van der Waals surface area contributed by atoms with Crippen LogP contribution in [0.1, 0.15) is 23.0 Å². The third-order valence-corrected chi connectivity index (χ3v) is 3.23. The standard InChI is InChI=1S/C14H12F2N2O4/c1-14(15,16)7-4-8(9-6-10(13(19)20)18-17-9)12-11(5-7)21-2-3-22-12/h4-6H,2-3H2,1H3,(H,17,18)(H,19,20). The third kappa shape index (κ3) is 2.47. The lowest BCUT2D eigenvalue weighted by Crippen LogP contribution is -2.17. The fourth-order valence-corrected chi connectivity index (χ4v) is 2.17. The summed E-state index contributed by atoms with van der Waals surface area (Å²) in [5.41, 5.74) is 0.0588. The molecule has 0 radical (unpaired) electrons. The van der Waals surface area contributed by atoms with Crippen molar-refractivity contribution >= 4 is 5.97 Å². The molecule has 0 saturated carbocycles. The Hall–Kier alpha value is -2.64. The average molecular weight is 310 g/mol. The lowest BCUT2D eigenvalue weighted by molar-refractivity contribution is 0.0170. The number of rotatable bonds is 3. The van der Waals surface area contributed by atoms with E-state index in [1.807, 2.05) is 0 Å². The van der Waals surface area contributed by atoms with Crippen LogP contribution in [-0.4, -0.2) is 34.5 Å². The van der Waals surface area contributed by atoms with E-state index in [0.29, 0.717) is 0 Å². The number of benzene rings is 1. The number of carbonyl (C=O) groups is 1. The number of aromatic nitrogens is 2. The summed E-state index contributed by atoms with van der Waals surface area (Å²) < 4.78 is 38.1. The first-order valence-electron chi connectivity index (χ1n) is 6.47. The van der Waals surface area contributed by atoms with Gasteiger partial charge in [-0.25, -0.2) is 13.6 Å². The van der Waals surface area contributed by atoms with E-state index in [-0.39, 0.29) is 47.2 Å². The first kappa shape index (κ1) is 14.3. The zero-order valence-electron chi connectivity index (χ0n) is 11.5. The minimum Gasteiger partial charge on any atom is -0.486 e. The molecule has 0 amide bonds. The second-order valence-electron chi connectivity index (χ2n) is 4.91. The van der Waals surface area contributed by atoms with Gasteiger partial charge in [0, 0.05) is 18.1 Å². The van der Waals surface area contributed by atoms with Gasteiger partial charge in [0.05, 0.1) is 5.69 Å². The zero-order valence-corrected chi connectivity index (χ0v) is 11.5. The molecule has 0 fully saturated rings. The van der Waals surface area contributed by atoms with Gasteiger partial charge in [0.15, 0.2) is 11.5 Å². The Morgan fingerprint density at radius 1 is 1.32 bits per heavy atom. The molecule has 6 nitrogen and oxygen atoms in total. The highest BCUT2D eigenvalue weighted by Gasteiger charge is 2.30. The van der Waals surface area contributed by atoms with E-state index >= 15 is 0 Å². The summed E-state index contributed by atoms with van der Waals surface area (Å²) in [6, 6.07) is 3.71. The Morgan fingerprint density at radius 3 is 2.68 bits per heavy atom. The molecule has 1 aromatic carbocycles. The van der Waals surface area contributed by atoms with Crippen molar-refractivity contribution in [3.8, 4) is 22.8 Å². The quantitative estimate of drug-likeness (QED) is 0.910. The highest BCUT2D eigenvalue weighted by Crippen LogP contribution is 2.43. The van der Waals surface area contributed by atoms with Crippen LogP contribution in [0.5, 0.6) is 11.5 Å². The molecule has 2 aromatic rings. The number of ether oxygens (including phenoxy) is 2. The van der Waals surface area contributed by atoms with Crippen LogP contribution in [0, 0.1) is 0 Å². The van der Waals surface area contributed by atoms with Crippen molar-refractivity contribution in [2.24, 2.45) is 0 Å². The monoisotopic (exact) mass is 310 g/mol. The van der Waals surface area contributed by atoms with Crippen LogP contribution in [0.2, 0.25) is 0 Å². The normalized spacial score (nSPS) is 14.0. The fraction of sp³-hybridized carbons (Fsp3) is 0.286. The second-order valence-corrected chi connectivity index (χ2v) is 4.91. The summed E-state index contributed by atoms with van der Waals surface area (Å²) in [7, 11) is 0. The molecular weight excluding hydrogens is 298 g/mol. The minimum absolute atomic E-state index is 0.144. The van der Waals surface area contributed by atoms with E-state index in [2.05, 4.69) is 10.2 Å². The summed E-state index contributed by atoms with van der Waals surface area (Å²) in [6.45, 7) is 1.31. The van der Waals surface area contributed by atoms with E-state index in [9.17, 15) is 13.6 Å². The minimum atomic E-state index is -3.07. The van der Waals surface area contributed by atoms with Crippen molar-refractivity contribution in [2.45, 2.75) is 12.8 Å². The first-order valence-corrected chi connectivity index (χ1v) is 6.47. The van der Waals surface area contributed by atoms with E-state index in [1.54, 1.807) is 0 Å². The number of alkyl halides is 2. The van der Waals surface area contributed by atoms with Gasteiger partial charge in [-0.2, -0.15) is 5.10 Å². The van der Waals surface area contributed by atoms with Crippen molar-refractivity contribution in [1.29, 1.82) is 0 Å². The maximum absolute atomic E-state index is 13.6. The number of carboxylic acid groups (broad SMARTS) is 1. The van der Waals surface area contributed by atoms with Gasteiger partial charge < -0.3 is 14.6 Å². The number of aromatic carboxylic acids is 1. The number of aromatic amines is 1. The Bertz CT molecular complexity index is 737. The molecule has 0 unspecified atom stereocenters. The molecule has 2 N–H and O–H groups in total. The lowest BCUT2D eigenvalue weighted by Gasteiger charge is -2.23. The van der Waals surface area contributed by atoms with E-state index < -0.39 is 11.9 Å². The molecule has 2 heterocycles. The molecule has 3 rings (SSSR count). The molecule has 1 aliphatic heterocycles. The summed E-state index contributed by atoms with van der Waals surface area (Å²) in [6.07, 6.45) is 0. The maximum atomic E-state index is 13.6. The highest BCUT2D eigenvalue weighted by molar-refractivity contribution is 5.87. The molecule has 116 valence electrons. The van der Waals surface area contributed by atoms with Crippen LogP contribution in [0.4, 0.5) is 8.78 Å². The van der Waals surface area contributed by atoms with Crippen molar-refractivity contribution in [3.63, 3.8) is 0 Å². The molecule has 0 bridgehead atoms. The molecular formula is C14H12F2N2O4. The molecule has 22 heavy (non-hydrogen) atoms. The largest absolute Gasteiger partial charge is 0.486 e. The van der Waals surface area contributed by atoms with Gasteiger partial charge in [-0.15, -0.1) is 0 Å². The third-order valence-electron chi connectivity index (χ3n) is 3.23. The van der Waals surface area contributed by atoms with E-state index in [4.69, 9.17) is 14.6 Å². The Morgan fingerprint density at radius 2 is 2.05 bits per heavy atom. The lowest BCUT2D eigenvalue weighted by atomic mass is 10.0. The van der Waals surface area contributed by atoms with Crippen molar-refractivity contribution < 1.29 is 28.2 Å². The Kier molecular flexibility index (Phi) is 3.23. The van der Waals surface area contributed by atoms with Crippen LogP contribution in [0.25, 0.3) is 11.3 Å². The predicted octanol–water partition coefficient (Wildman–Crippen LogP) is 2.66. The summed E-state index contributed by atoms with van der Waals surface area (Å²) >= 11 is 0. The molecule has 8 heteroatoms. The summed E-state index contributed by atoms with van der Waals surface area (Å²) in [4.78, 5) is 10.9. The smallest absolute Gasteiger partial charge is 0.353 e. The van der Waals surface area contributed by atoms with Crippen molar-refractivity contribution in [2.75, 3.05) is 13.2 Å². The Balaban J connectivity index is 2.17. The average Bonchev–Trinajstić information content (AvgIpc) is 2.95. The topological polar surface area (TPSA) is 84.4 Å². The number of nitrogens with zero attached hydrogens (tertiary/aromatic N) is 1. The van der Waals surface area contributed by atoms with Crippen LogP contribution in [-0.2, 0) is 5.92 Å². The van der Waals surface area contributed by atoms with Gasteiger partial charge >= 0.3 is 5.97 Å². The number of H-pyrrole nitrogens is 1. The number of nitrogens with one attached hydrogen (secondary N) is 1. The predicted molar refractivity (Wildman–Crippen MR) is 71.5 cm³/mol. The number of halogens is 2. The van der Waals surface area contributed by atoms with Crippen molar-refractivity contribution in [1.82, 2.24) is 10.2 Å².